The second-order valence-corrected chi connectivity index (χ2v) is 6.69. The molecule has 1 aromatic carbocycles. The van der Waals surface area contributed by atoms with E-state index in [1.807, 2.05) is 24.3 Å². The van der Waals surface area contributed by atoms with Gasteiger partial charge < -0.3 is 10.4 Å². The minimum Gasteiger partial charge on any atom is -0.477 e. The molecule has 0 saturated heterocycles. The summed E-state index contributed by atoms with van der Waals surface area (Å²) in [5.41, 5.74) is 2.09. The Morgan fingerprint density at radius 2 is 2.04 bits per heavy atom. The number of amides is 1. The van der Waals surface area contributed by atoms with E-state index in [1.165, 1.54) is 11.0 Å². The highest BCUT2D eigenvalue weighted by Crippen LogP contribution is 2.23. The number of aryl methyl sites for hydroxylation is 1. The van der Waals surface area contributed by atoms with Crippen molar-refractivity contribution in [3.8, 4) is 5.69 Å². The Hall–Kier alpha value is -3.14. The Morgan fingerprint density at radius 3 is 2.62 bits per heavy atom. The molecule has 1 atom stereocenters. The van der Waals surface area contributed by atoms with Crippen LogP contribution in [0.15, 0.2) is 30.6 Å². The molecule has 3 aromatic rings. The predicted octanol–water partition coefficient (Wildman–Crippen LogP) is 1.55. The molecule has 2 N–H and O–H groups in total. The SMILES string of the molecule is Cc1nc(C(C)NC(=O)Cc2ccc(-n3cnnn3)cc2)sc1C(=O)O. The van der Waals surface area contributed by atoms with Crippen molar-refractivity contribution in [2.75, 3.05) is 0 Å². The van der Waals surface area contributed by atoms with E-state index >= 15 is 0 Å². The number of thiazole rings is 1. The standard InChI is InChI=1S/C16H16N6O3S/c1-9-14(16(24)25)26-15(19-9)10(2)18-13(23)7-11-3-5-12(6-4-11)22-8-17-20-21-22/h3-6,8,10H,7H2,1-2H3,(H,18,23)(H,24,25). The van der Waals surface area contributed by atoms with Gasteiger partial charge in [-0.15, -0.1) is 16.4 Å². The van der Waals surface area contributed by atoms with Gasteiger partial charge in [-0.05, 0) is 42.0 Å². The summed E-state index contributed by atoms with van der Waals surface area (Å²) in [6.45, 7) is 3.42. The number of hydrogen-bond acceptors (Lipinski definition) is 7. The predicted molar refractivity (Wildman–Crippen MR) is 93.2 cm³/mol. The van der Waals surface area contributed by atoms with Crippen molar-refractivity contribution in [2.45, 2.75) is 26.3 Å². The maximum Gasteiger partial charge on any atom is 0.347 e. The fraction of sp³-hybridized carbons (Fsp3) is 0.250. The van der Waals surface area contributed by atoms with E-state index in [2.05, 4.69) is 25.8 Å². The summed E-state index contributed by atoms with van der Waals surface area (Å²) in [6.07, 6.45) is 1.70. The number of carboxylic acid groups (broad SMARTS) is 1. The molecular weight excluding hydrogens is 356 g/mol. The zero-order valence-corrected chi connectivity index (χ0v) is 14.9. The first kappa shape index (κ1) is 17.7. The largest absolute Gasteiger partial charge is 0.477 e. The first-order chi connectivity index (χ1) is 12.4. The number of aromatic nitrogens is 5. The van der Waals surface area contributed by atoms with E-state index in [1.54, 1.807) is 13.8 Å². The van der Waals surface area contributed by atoms with Crippen LogP contribution in [0.25, 0.3) is 5.69 Å². The number of hydrogen-bond donors (Lipinski definition) is 2. The van der Waals surface area contributed by atoms with E-state index in [9.17, 15) is 9.59 Å². The molecule has 9 nitrogen and oxygen atoms in total. The first-order valence-corrected chi connectivity index (χ1v) is 8.58. The van der Waals surface area contributed by atoms with Gasteiger partial charge in [-0.25, -0.2) is 14.5 Å². The fourth-order valence-electron chi connectivity index (χ4n) is 2.39. The summed E-state index contributed by atoms with van der Waals surface area (Å²) < 4.78 is 1.52. The van der Waals surface area contributed by atoms with Crippen LogP contribution in [-0.4, -0.2) is 42.2 Å². The van der Waals surface area contributed by atoms with Crippen molar-refractivity contribution in [3.05, 3.63) is 51.7 Å². The molecule has 2 aromatic heterocycles. The highest BCUT2D eigenvalue weighted by Gasteiger charge is 2.19. The van der Waals surface area contributed by atoms with Gasteiger partial charge in [-0.3, -0.25) is 4.79 Å². The fourth-order valence-corrected chi connectivity index (χ4v) is 3.29. The minimum atomic E-state index is -1.01. The molecule has 134 valence electrons. The van der Waals surface area contributed by atoms with Crippen LogP contribution in [-0.2, 0) is 11.2 Å². The molecule has 0 aliphatic heterocycles. The van der Waals surface area contributed by atoms with Crippen LogP contribution in [0.4, 0.5) is 0 Å². The number of nitrogens with one attached hydrogen (secondary N) is 1. The van der Waals surface area contributed by atoms with Gasteiger partial charge >= 0.3 is 5.97 Å². The molecule has 0 aliphatic rings. The molecule has 0 radical (unpaired) electrons. The van der Waals surface area contributed by atoms with Crippen molar-refractivity contribution < 1.29 is 14.7 Å². The Kier molecular flexibility index (Phi) is 5.03. The third kappa shape index (κ3) is 3.91. The average molecular weight is 372 g/mol. The Labute approximate surface area is 152 Å². The lowest BCUT2D eigenvalue weighted by molar-refractivity contribution is -0.121. The van der Waals surface area contributed by atoms with Crippen molar-refractivity contribution in [2.24, 2.45) is 0 Å². The topological polar surface area (TPSA) is 123 Å². The molecule has 0 aliphatic carbocycles. The third-order valence-electron chi connectivity index (χ3n) is 3.67. The quantitative estimate of drug-likeness (QED) is 0.673. The molecule has 0 fully saturated rings. The average Bonchev–Trinajstić information content (AvgIpc) is 3.25. The zero-order chi connectivity index (χ0) is 18.7. The molecule has 0 saturated carbocycles. The van der Waals surface area contributed by atoms with E-state index < -0.39 is 5.97 Å². The van der Waals surface area contributed by atoms with Crippen LogP contribution in [0.2, 0.25) is 0 Å². The lowest BCUT2D eigenvalue weighted by atomic mass is 10.1. The lowest BCUT2D eigenvalue weighted by Gasteiger charge is -2.11. The molecule has 26 heavy (non-hydrogen) atoms. The molecule has 0 spiro atoms. The highest BCUT2D eigenvalue weighted by atomic mass is 32.1. The molecule has 10 heteroatoms. The second kappa shape index (κ2) is 7.40. The Balaban J connectivity index is 1.61. The van der Waals surface area contributed by atoms with Gasteiger partial charge in [-0.2, -0.15) is 0 Å². The summed E-state index contributed by atoms with van der Waals surface area (Å²) in [5.74, 6) is -1.18. The number of benzene rings is 1. The molecule has 0 bridgehead atoms. The number of nitrogens with zero attached hydrogens (tertiary/aromatic N) is 5. The smallest absolute Gasteiger partial charge is 0.347 e. The Morgan fingerprint density at radius 1 is 1.31 bits per heavy atom. The summed E-state index contributed by atoms with van der Waals surface area (Å²) in [7, 11) is 0. The lowest BCUT2D eigenvalue weighted by Crippen LogP contribution is -2.28. The van der Waals surface area contributed by atoms with Gasteiger partial charge in [0.05, 0.1) is 23.8 Å². The van der Waals surface area contributed by atoms with Crippen molar-refractivity contribution >= 4 is 23.2 Å². The third-order valence-corrected chi connectivity index (χ3v) is 5.00. The molecule has 2 heterocycles. The van der Waals surface area contributed by atoms with Crippen LogP contribution in [0.1, 0.15) is 38.9 Å². The maximum atomic E-state index is 12.2. The van der Waals surface area contributed by atoms with E-state index in [-0.39, 0.29) is 23.2 Å². The van der Waals surface area contributed by atoms with Crippen LogP contribution in [0, 0.1) is 6.92 Å². The second-order valence-electron chi connectivity index (χ2n) is 5.66. The van der Waals surface area contributed by atoms with Gasteiger partial charge in [0, 0.05) is 0 Å². The van der Waals surface area contributed by atoms with Gasteiger partial charge in [0.1, 0.15) is 16.2 Å². The van der Waals surface area contributed by atoms with E-state index in [0.29, 0.717) is 10.7 Å². The maximum absolute atomic E-state index is 12.2. The summed E-state index contributed by atoms with van der Waals surface area (Å²) in [4.78, 5) is 27.8. The summed E-state index contributed by atoms with van der Waals surface area (Å²) in [6, 6.07) is 6.95. The van der Waals surface area contributed by atoms with Crippen LogP contribution >= 0.6 is 11.3 Å². The van der Waals surface area contributed by atoms with Gasteiger partial charge in [0.2, 0.25) is 5.91 Å². The van der Waals surface area contributed by atoms with Gasteiger partial charge in [0.15, 0.2) is 0 Å². The van der Waals surface area contributed by atoms with Crippen molar-refractivity contribution in [1.82, 2.24) is 30.5 Å². The molecule has 3 rings (SSSR count). The number of carboxylic acids is 1. The van der Waals surface area contributed by atoms with Crippen LogP contribution < -0.4 is 5.32 Å². The molecule has 1 amide bonds. The van der Waals surface area contributed by atoms with Gasteiger partial charge in [-0.1, -0.05) is 12.1 Å². The monoisotopic (exact) mass is 372 g/mol. The van der Waals surface area contributed by atoms with Crippen LogP contribution in [0.3, 0.4) is 0 Å². The van der Waals surface area contributed by atoms with Gasteiger partial charge in [0.25, 0.3) is 0 Å². The van der Waals surface area contributed by atoms with E-state index in [4.69, 9.17) is 5.11 Å². The zero-order valence-electron chi connectivity index (χ0n) is 14.1. The van der Waals surface area contributed by atoms with Crippen LogP contribution in [0.5, 0.6) is 0 Å². The molecule has 1 unspecified atom stereocenters. The highest BCUT2D eigenvalue weighted by molar-refractivity contribution is 7.13. The normalized spacial score (nSPS) is 11.9. The minimum absolute atomic E-state index is 0.169. The van der Waals surface area contributed by atoms with Crippen molar-refractivity contribution in [1.29, 1.82) is 0 Å². The summed E-state index contributed by atoms with van der Waals surface area (Å²) >= 11 is 1.08. The molecular formula is C16H16N6O3S. The number of carbonyl (C=O) groups excluding carboxylic acids is 1. The summed E-state index contributed by atoms with van der Waals surface area (Å²) in [5, 5.41) is 23.5. The number of rotatable bonds is 6. The number of aromatic carboxylic acids is 1. The number of carbonyl (C=O) groups is 2. The van der Waals surface area contributed by atoms with E-state index in [0.717, 1.165) is 22.6 Å². The number of tetrazole rings is 1. The Bertz CT molecular complexity index is 920. The first-order valence-electron chi connectivity index (χ1n) is 7.76. The van der Waals surface area contributed by atoms with Crippen molar-refractivity contribution in [3.63, 3.8) is 0 Å².